The molecule has 0 radical (unpaired) electrons. The van der Waals surface area contributed by atoms with E-state index in [9.17, 15) is 13.2 Å². The Morgan fingerprint density at radius 3 is 2.42 bits per heavy atom. The molecule has 0 aliphatic carbocycles. The molecule has 2 aromatic rings. The number of nitrogens with one attached hydrogen (secondary N) is 1. The molecule has 1 fully saturated rings. The second kappa shape index (κ2) is 6.62. The number of hydrogen-bond donors (Lipinski definition) is 2. The van der Waals surface area contributed by atoms with E-state index < -0.39 is 16.1 Å². The highest BCUT2D eigenvalue weighted by Gasteiger charge is 2.39. The molecule has 1 aliphatic heterocycles. The highest BCUT2D eigenvalue weighted by atomic mass is 32.2. The quantitative estimate of drug-likeness (QED) is 0.870. The van der Waals surface area contributed by atoms with Crippen molar-refractivity contribution in [2.75, 3.05) is 13.1 Å². The predicted molar refractivity (Wildman–Crippen MR) is 90.2 cm³/mol. The zero-order chi connectivity index (χ0) is 17.2. The fourth-order valence-corrected chi connectivity index (χ4v) is 4.70. The van der Waals surface area contributed by atoms with Crippen molar-refractivity contribution in [1.29, 1.82) is 0 Å². The second-order valence-corrected chi connectivity index (χ2v) is 7.47. The number of benzene rings is 2. The van der Waals surface area contributed by atoms with Crippen LogP contribution in [0.3, 0.4) is 0 Å². The summed E-state index contributed by atoms with van der Waals surface area (Å²) in [5.41, 5.74) is 1.48. The number of sulfonamides is 1. The molecule has 1 aliphatic rings. The second-order valence-electron chi connectivity index (χ2n) is 5.61. The standard InChI is InChI=1S/C17H18N2O4S/c20-17(21)18-12-14-10-11-19(14)24(22,23)16-9-5-4-8-15(16)13-6-2-1-3-7-13/h1-9,14,18H,10-12H2,(H,20,21). The number of nitrogens with zero attached hydrogens (tertiary/aromatic N) is 1. The van der Waals surface area contributed by atoms with Crippen molar-refractivity contribution in [1.82, 2.24) is 9.62 Å². The average molecular weight is 346 g/mol. The summed E-state index contributed by atoms with van der Waals surface area (Å²) in [4.78, 5) is 10.9. The third-order valence-corrected chi connectivity index (χ3v) is 6.15. The minimum atomic E-state index is -3.68. The van der Waals surface area contributed by atoms with Crippen LogP contribution in [0.25, 0.3) is 11.1 Å². The van der Waals surface area contributed by atoms with Crippen LogP contribution in [0.2, 0.25) is 0 Å². The lowest BCUT2D eigenvalue weighted by Crippen LogP contribution is -2.55. The topological polar surface area (TPSA) is 86.7 Å². The lowest BCUT2D eigenvalue weighted by Gasteiger charge is -2.39. The minimum absolute atomic E-state index is 0.0993. The van der Waals surface area contributed by atoms with Gasteiger partial charge in [-0.3, -0.25) is 0 Å². The fraction of sp³-hybridized carbons (Fsp3) is 0.235. The Labute approximate surface area is 140 Å². The molecule has 24 heavy (non-hydrogen) atoms. The van der Waals surface area contributed by atoms with E-state index in [0.717, 1.165) is 5.56 Å². The van der Waals surface area contributed by atoms with Crippen LogP contribution >= 0.6 is 0 Å². The molecule has 1 saturated heterocycles. The van der Waals surface area contributed by atoms with Crippen molar-refractivity contribution < 1.29 is 18.3 Å². The zero-order valence-corrected chi connectivity index (χ0v) is 13.7. The van der Waals surface area contributed by atoms with Gasteiger partial charge in [-0.05, 0) is 18.1 Å². The normalized spacial score (nSPS) is 17.9. The molecule has 0 spiro atoms. The maximum Gasteiger partial charge on any atom is 0.404 e. The van der Waals surface area contributed by atoms with E-state index in [1.807, 2.05) is 30.3 Å². The Kier molecular flexibility index (Phi) is 4.55. The largest absolute Gasteiger partial charge is 0.465 e. The predicted octanol–water partition coefficient (Wildman–Crippen LogP) is 2.38. The first kappa shape index (κ1) is 16.5. The Morgan fingerprint density at radius 2 is 1.79 bits per heavy atom. The minimum Gasteiger partial charge on any atom is -0.465 e. The van der Waals surface area contributed by atoms with E-state index in [-0.39, 0.29) is 17.5 Å². The smallest absolute Gasteiger partial charge is 0.404 e. The van der Waals surface area contributed by atoms with Crippen LogP contribution in [0.4, 0.5) is 4.79 Å². The molecule has 0 aromatic heterocycles. The number of carboxylic acid groups (broad SMARTS) is 1. The molecule has 0 bridgehead atoms. The fourth-order valence-electron chi connectivity index (χ4n) is 2.82. The van der Waals surface area contributed by atoms with Crippen molar-refractivity contribution >= 4 is 16.1 Å². The summed E-state index contributed by atoms with van der Waals surface area (Å²) in [5, 5.41) is 11.0. The van der Waals surface area contributed by atoms with Gasteiger partial charge in [0.1, 0.15) is 0 Å². The lowest BCUT2D eigenvalue weighted by molar-refractivity contribution is 0.171. The van der Waals surface area contributed by atoms with Gasteiger partial charge in [-0.2, -0.15) is 4.31 Å². The van der Waals surface area contributed by atoms with Gasteiger partial charge in [0.2, 0.25) is 10.0 Å². The Hall–Kier alpha value is -2.38. The van der Waals surface area contributed by atoms with Crippen LogP contribution in [0.5, 0.6) is 0 Å². The van der Waals surface area contributed by atoms with Crippen molar-refractivity contribution in [3.8, 4) is 11.1 Å². The summed E-state index contributed by atoms with van der Waals surface area (Å²) in [6.45, 7) is 0.499. The van der Waals surface area contributed by atoms with Crippen LogP contribution in [-0.2, 0) is 10.0 Å². The van der Waals surface area contributed by atoms with Crippen molar-refractivity contribution in [3.63, 3.8) is 0 Å². The summed E-state index contributed by atoms with van der Waals surface area (Å²) in [5.74, 6) is 0. The van der Waals surface area contributed by atoms with Gasteiger partial charge in [0.15, 0.2) is 0 Å². The molecule has 1 amide bonds. The molecule has 1 atom stereocenters. The first-order chi connectivity index (χ1) is 11.5. The van der Waals surface area contributed by atoms with Gasteiger partial charge in [0.05, 0.1) is 4.90 Å². The van der Waals surface area contributed by atoms with Gasteiger partial charge >= 0.3 is 6.09 Å². The van der Waals surface area contributed by atoms with Crippen LogP contribution in [0.1, 0.15) is 6.42 Å². The molecule has 2 aromatic carbocycles. The third-order valence-electron chi connectivity index (χ3n) is 4.14. The molecule has 6 nitrogen and oxygen atoms in total. The van der Waals surface area contributed by atoms with E-state index >= 15 is 0 Å². The van der Waals surface area contributed by atoms with Crippen LogP contribution in [0.15, 0.2) is 59.5 Å². The molecular weight excluding hydrogens is 328 g/mol. The Balaban J connectivity index is 1.92. The number of hydrogen-bond acceptors (Lipinski definition) is 3. The number of carbonyl (C=O) groups is 1. The lowest BCUT2D eigenvalue weighted by atomic mass is 10.1. The Morgan fingerprint density at radius 1 is 1.12 bits per heavy atom. The van der Waals surface area contributed by atoms with Gasteiger partial charge in [-0.15, -0.1) is 0 Å². The summed E-state index contributed by atoms with van der Waals surface area (Å²) < 4.78 is 27.4. The molecule has 126 valence electrons. The van der Waals surface area contributed by atoms with Gasteiger partial charge in [-0.1, -0.05) is 48.5 Å². The van der Waals surface area contributed by atoms with Crippen molar-refractivity contribution in [2.45, 2.75) is 17.4 Å². The van der Waals surface area contributed by atoms with E-state index in [0.29, 0.717) is 18.5 Å². The first-order valence-corrected chi connectivity index (χ1v) is 9.07. The van der Waals surface area contributed by atoms with Crippen LogP contribution in [-0.4, -0.2) is 43.1 Å². The average Bonchev–Trinajstić information content (AvgIpc) is 2.54. The molecule has 2 N–H and O–H groups in total. The van der Waals surface area contributed by atoms with Crippen LogP contribution < -0.4 is 5.32 Å². The molecule has 1 unspecified atom stereocenters. The molecular formula is C17H18N2O4S. The zero-order valence-electron chi connectivity index (χ0n) is 12.9. The van der Waals surface area contributed by atoms with Crippen molar-refractivity contribution in [2.24, 2.45) is 0 Å². The molecule has 1 heterocycles. The van der Waals surface area contributed by atoms with Crippen molar-refractivity contribution in [3.05, 3.63) is 54.6 Å². The third kappa shape index (κ3) is 3.13. The molecule has 3 rings (SSSR count). The summed E-state index contributed by atoms with van der Waals surface area (Å²) in [7, 11) is -3.68. The van der Waals surface area contributed by atoms with Gasteiger partial charge in [0, 0.05) is 24.7 Å². The maximum absolute atomic E-state index is 13.0. The summed E-state index contributed by atoms with van der Waals surface area (Å²) >= 11 is 0. The van der Waals surface area contributed by atoms with E-state index in [1.54, 1.807) is 24.3 Å². The highest BCUT2D eigenvalue weighted by Crippen LogP contribution is 2.33. The Bertz CT molecular complexity index is 837. The molecule has 0 saturated carbocycles. The van der Waals surface area contributed by atoms with Gasteiger partial charge < -0.3 is 10.4 Å². The number of rotatable bonds is 5. The van der Waals surface area contributed by atoms with E-state index in [2.05, 4.69) is 5.32 Å². The first-order valence-electron chi connectivity index (χ1n) is 7.63. The SMILES string of the molecule is O=C(O)NCC1CCN1S(=O)(=O)c1ccccc1-c1ccccc1. The maximum atomic E-state index is 13.0. The summed E-state index contributed by atoms with van der Waals surface area (Å²) in [6.07, 6.45) is -0.503. The highest BCUT2D eigenvalue weighted by molar-refractivity contribution is 7.89. The van der Waals surface area contributed by atoms with E-state index in [1.165, 1.54) is 4.31 Å². The number of amides is 1. The van der Waals surface area contributed by atoms with Gasteiger partial charge in [0.25, 0.3) is 0 Å². The van der Waals surface area contributed by atoms with Gasteiger partial charge in [-0.25, -0.2) is 13.2 Å². The molecule has 7 heteroatoms. The monoisotopic (exact) mass is 346 g/mol. The summed E-state index contributed by atoms with van der Waals surface area (Å²) in [6, 6.07) is 15.9. The van der Waals surface area contributed by atoms with E-state index in [4.69, 9.17) is 5.11 Å². The van der Waals surface area contributed by atoms with Crippen LogP contribution in [0, 0.1) is 0 Å².